The quantitative estimate of drug-likeness (QED) is 0.607. The lowest BCUT2D eigenvalue weighted by Gasteiger charge is -2.05. The van der Waals surface area contributed by atoms with Gasteiger partial charge in [-0.3, -0.25) is 0 Å². The van der Waals surface area contributed by atoms with E-state index in [0.717, 1.165) is 5.16 Å². The van der Waals surface area contributed by atoms with Crippen LogP contribution >= 0.6 is 11.8 Å². The van der Waals surface area contributed by atoms with Gasteiger partial charge in [0.05, 0.1) is 6.10 Å². The number of aryl methyl sites for hydroxylation is 1. The minimum absolute atomic E-state index is 0.283. The Kier molecular flexibility index (Phi) is 3.51. The minimum Gasteiger partial charge on any atom is -0.391 e. The van der Waals surface area contributed by atoms with E-state index < -0.39 is 6.10 Å². The van der Waals surface area contributed by atoms with Crippen LogP contribution in [0.4, 0.5) is 0 Å². The first-order valence-electron chi connectivity index (χ1n) is 3.59. The predicted octanol–water partition coefficient (Wildman–Crippen LogP) is -0.773. The van der Waals surface area contributed by atoms with Gasteiger partial charge in [0.2, 0.25) is 0 Å². The average molecular weight is 188 g/mol. The zero-order valence-electron chi connectivity index (χ0n) is 6.84. The predicted molar refractivity (Wildman–Crippen MR) is 46.8 cm³/mol. The Morgan fingerprint density at radius 3 is 3.08 bits per heavy atom. The van der Waals surface area contributed by atoms with Gasteiger partial charge in [-0.05, 0) is 0 Å². The molecule has 1 heterocycles. The van der Waals surface area contributed by atoms with Gasteiger partial charge in [0.25, 0.3) is 0 Å². The third-order valence-electron chi connectivity index (χ3n) is 1.35. The fraction of sp³-hybridized carbons (Fsp3) is 0.667. The first kappa shape index (κ1) is 9.50. The number of nitrogens with two attached hydrogens (primary N) is 1. The maximum atomic E-state index is 9.14. The van der Waals surface area contributed by atoms with Crippen LogP contribution in [0.3, 0.4) is 0 Å². The lowest BCUT2D eigenvalue weighted by molar-refractivity contribution is 0.208. The van der Waals surface area contributed by atoms with E-state index in [1.165, 1.54) is 11.8 Å². The molecule has 0 aromatic carbocycles. The highest BCUT2D eigenvalue weighted by Gasteiger charge is 2.05. The van der Waals surface area contributed by atoms with E-state index in [9.17, 15) is 0 Å². The van der Waals surface area contributed by atoms with E-state index in [-0.39, 0.29) is 6.54 Å². The second-order valence-corrected chi connectivity index (χ2v) is 3.41. The van der Waals surface area contributed by atoms with Gasteiger partial charge < -0.3 is 15.4 Å². The Morgan fingerprint density at radius 1 is 1.83 bits per heavy atom. The molecule has 1 atom stereocenters. The number of aliphatic hydroxyl groups is 1. The molecular formula is C6H12N4OS. The molecule has 3 N–H and O–H groups in total. The zero-order valence-corrected chi connectivity index (χ0v) is 7.66. The lowest BCUT2D eigenvalue weighted by atomic mass is 10.4. The highest BCUT2D eigenvalue weighted by molar-refractivity contribution is 7.99. The molecule has 0 spiro atoms. The number of aromatic nitrogens is 3. The Hall–Kier alpha value is -0.590. The largest absolute Gasteiger partial charge is 0.391 e. The Balaban J connectivity index is 2.38. The summed E-state index contributed by atoms with van der Waals surface area (Å²) in [4.78, 5) is 0. The molecule has 6 heteroatoms. The monoisotopic (exact) mass is 188 g/mol. The van der Waals surface area contributed by atoms with Gasteiger partial charge in [-0.2, -0.15) is 0 Å². The van der Waals surface area contributed by atoms with Crippen molar-refractivity contribution in [2.24, 2.45) is 12.8 Å². The molecule has 5 nitrogen and oxygen atoms in total. The van der Waals surface area contributed by atoms with Crippen molar-refractivity contribution in [1.29, 1.82) is 0 Å². The van der Waals surface area contributed by atoms with Crippen LogP contribution < -0.4 is 5.73 Å². The third kappa shape index (κ3) is 2.47. The summed E-state index contributed by atoms with van der Waals surface area (Å²) in [5.41, 5.74) is 5.24. The summed E-state index contributed by atoms with van der Waals surface area (Å²) in [5.74, 6) is 0.559. The highest BCUT2D eigenvalue weighted by atomic mass is 32.2. The van der Waals surface area contributed by atoms with Gasteiger partial charge in [0, 0.05) is 19.3 Å². The van der Waals surface area contributed by atoms with Crippen molar-refractivity contribution < 1.29 is 5.11 Å². The summed E-state index contributed by atoms with van der Waals surface area (Å²) in [5, 5.41) is 17.5. The Morgan fingerprint density at radius 2 is 2.58 bits per heavy atom. The van der Waals surface area contributed by atoms with Crippen LogP contribution in [-0.4, -0.2) is 38.3 Å². The van der Waals surface area contributed by atoms with Crippen LogP contribution in [-0.2, 0) is 7.05 Å². The molecule has 0 bridgehead atoms. The standard InChI is InChI=1S/C6H12N4OS/c1-10-4-8-9-6(10)12-3-5(11)2-7/h4-5,11H,2-3,7H2,1H3. The van der Waals surface area contributed by atoms with E-state index in [1.54, 1.807) is 10.9 Å². The van der Waals surface area contributed by atoms with Crippen LogP contribution in [0, 0.1) is 0 Å². The van der Waals surface area contributed by atoms with Crippen LogP contribution in [0.5, 0.6) is 0 Å². The average Bonchev–Trinajstić information content (AvgIpc) is 2.47. The molecule has 12 heavy (non-hydrogen) atoms. The maximum Gasteiger partial charge on any atom is 0.190 e. The fourth-order valence-corrected chi connectivity index (χ4v) is 1.48. The lowest BCUT2D eigenvalue weighted by Crippen LogP contribution is -2.22. The molecule has 0 saturated heterocycles. The summed E-state index contributed by atoms with van der Waals surface area (Å²) in [7, 11) is 1.86. The number of rotatable bonds is 4. The van der Waals surface area contributed by atoms with Gasteiger partial charge in [-0.25, -0.2) is 0 Å². The fourth-order valence-electron chi connectivity index (χ4n) is 0.642. The molecular weight excluding hydrogens is 176 g/mol. The van der Waals surface area contributed by atoms with Gasteiger partial charge in [0.15, 0.2) is 5.16 Å². The molecule has 0 radical (unpaired) electrons. The summed E-state index contributed by atoms with van der Waals surface area (Å²) in [6.45, 7) is 0.283. The van der Waals surface area contributed by atoms with E-state index in [1.807, 2.05) is 7.05 Å². The van der Waals surface area contributed by atoms with Crippen molar-refractivity contribution in [1.82, 2.24) is 14.8 Å². The number of aliphatic hydroxyl groups excluding tert-OH is 1. The first-order valence-corrected chi connectivity index (χ1v) is 4.57. The summed E-state index contributed by atoms with van der Waals surface area (Å²) in [6, 6.07) is 0. The van der Waals surface area contributed by atoms with E-state index >= 15 is 0 Å². The number of hydrogen-bond donors (Lipinski definition) is 2. The van der Waals surface area contributed by atoms with E-state index in [4.69, 9.17) is 10.8 Å². The molecule has 0 aliphatic carbocycles. The smallest absolute Gasteiger partial charge is 0.190 e. The van der Waals surface area contributed by atoms with Gasteiger partial charge >= 0.3 is 0 Å². The number of thioether (sulfide) groups is 1. The molecule has 1 aromatic heterocycles. The molecule has 1 aromatic rings. The molecule has 0 saturated carbocycles. The normalized spacial score (nSPS) is 13.2. The number of hydrogen-bond acceptors (Lipinski definition) is 5. The third-order valence-corrected chi connectivity index (χ3v) is 2.53. The van der Waals surface area contributed by atoms with Crippen molar-refractivity contribution in [3.05, 3.63) is 6.33 Å². The maximum absolute atomic E-state index is 9.14. The second-order valence-electron chi connectivity index (χ2n) is 2.42. The van der Waals surface area contributed by atoms with Crippen LogP contribution in [0.15, 0.2) is 11.5 Å². The Labute approximate surface area is 75.0 Å². The van der Waals surface area contributed by atoms with E-state index in [0.29, 0.717) is 5.75 Å². The molecule has 1 rings (SSSR count). The molecule has 0 aliphatic rings. The van der Waals surface area contributed by atoms with Crippen molar-refractivity contribution in [2.45, 2.75) is 11.3 Å². The van der Waals surface area contributed by atoms with Crippen molar-refractivity contribution in [3.8, 4) is 0 Å². The van der Waals surface area contributed by atoms with Crippen molar-refractivity contribution in [2.75, 3.05) is 12.3 Å². The van der Waals surface area contributed by atoms with Crippen LogP contribution in [0.1, 0.15) is 0 Å². The minimum atomic E-state index is -0.466. The highest BCUT2D eigenvalue weighted by Crippen LogP contribution is 2.13. The SMILES string of the molecule is Cn1cnnc1SCC(O)CN. The van der Waals surface area contributed by atoms with Crippen LogP contribution in [0.2, 0.25) is 0 Å². The van der Waals surface area contributed by atoms with Crippen LogP contribution in [0.25, 0.3) is 0 Å². The summed E-state index contributed by atoms with van der Waals surface area (Å²) >= 11 is 1.45. The number of nitrogens with zero attached hydrogens (tertiary/aromatic N) is 3. The summed E-state index contributed by atoms with van der Waals surface area (Å²) < 4.78 is 1.80. The van der Waals surface area contributed by atoms with Crippen molar-refractivity contribution >= 4 is 11.8 Å². The Bertz CT molecular complexity index is 239. The molecule has 0 amide bonds. The van der Waals surface area contributed by atoms with Gasteiger partial charge in [0.1, 0.15) is 6.33 Å². The van der Waals surface area contributed by atoms with Crippen molar-refractivity contribution in [3.63, 3.8) is 0 Å². The second kappa shape index (κ2) is 4.44. The van der Waals surface area contributed by atoms with E-state index in [2.05, 4.69) is 10.2 Å². The van der Waals surface area contributed by atoms with Gasteiger partial charge in [-0.1, -0.05) is 11.8 Å². The molecule has 0 aliphatic heterocycles. The molecule has 0 fully saturated rings. The zero-order chi connectivity index (χ0) is 8.97. The molecule has 68 valence electrons. The molecule has 1 unspecified atom stereocenters. The van der Waals surface area contributed by atoms with Gasteiger partial charge in [-0.15, -0.1) is 10.2 Å². The topological polar surface area (TPSA) is 77.0 Å². The first-order chi connectivity index (χ1) is 5.74. The summed E-state index contributed by atoms with van der Waals surface area (Å²) in [6.07, 6.45) is 1.16.